The number of cyclic esters (lactones) is 2. The van der Waals surface area contributed by atoms with Crippen molar-refractivity contribution < 1.29 is 78.2 Å². The minimum atomic E-state index is -1.02. The Kier molecular flexibility index (Phi) is 16.1. The number of esters is 2. The SMILES string of the molecule is CC12C(O)C[C@H]3[C@@H](CC[C@@H]4C[C@@H](NC(=O)CCC(=O)NCCO)CC[C@@]43C)[C@@]1(O)CC[C@@H]2C1=CC(=O)OC1.CC12C(O)C[C@H]3[C@@H](CC[C@@H]4C[C@@H](NC(=O)CCC(=O)ON5C(=O)CCC5=O)CC[C@@]43C)[C@@]1(O)CCC2C1=CC(=O)OC1. The van der Waals surface area contributed by atoms with E-state index in [9.17, 15) is 58.8 Å². The summed E-state index contributed by atoms with van der Waals surface area (Å²) in [5.41, 5.74) is -1.75. The zero-order chi connectivity index (χ0) is 57.3. The molecule has 20 heteroatoms. The van der Waals surface area contributed by atoms with Crippen LogP contribution in [0.15, 0.2) is 23.3 Å². The zero-order valence-corrected chi connectivity index (χ0v) is 47.1. The Morgan fingerprint density at radius 2 is 1.02 bits per heavy atom. The fourth-order valence-corrected chi connectivity index (χ4v) is 19.2. The molecule has 20 nitrogen and oxygen atoms in total. The number of rotatable bonds is 13. The van der Waals surface area contributed by atoms with Crippen LogP contribution in [-0.2, 0) is 52.7 Å². The highest BCUT2D eigenvalue weighted by Gasteiger charge is 2.72. The van der Waals surface area contributed by atoms with Gasteiger partial charge in [-0.2, -0.15) is 0 Å². The summed E-state index contributed by atoms with van der Waals surface area (Å²) < 4.78 is 10.4. The third-order valence-corrected chi connectivity index (χ3v) is 23.7. The van der Waals surface area contributed by atoms with Crippen molar-refractivity contribution in [2.45, 2.75) is 204 Å². The lowest BCUT2D eigenvalue weighted by molar-refractivity contribution is -0.243. The molecule has 8 aliphatic carbocycles. The molecule has 0 radical (unpaired) electrons. The topological polar surface area (TPSA) is 305 Å². The maximum atomic E-state index is 12.7. The molecule has 0 bridgehead atoms. The van der Waals surface area contributed by atoms with Crippen LogP contribution in [0.5, 0.6) is 0 Å². The molecule has 8 saturated carbocycles. The largest absolute Gasteiger partial charge is 0.458 e. The van der Waals surface area contributed by atoms with Crippen LogP contribution in [0.1, 0.15) is 169 Å². The van der Waals surface area contributed by atoms with Crippen molar-refractivity contribution in [3.8, 4) is 0 Å². The second kappa shape index (κ2) is 22.1. The van der Waals surface area contributed by atoms with Gasteiger partial charge in [-0.1, -0.05) is 27.7 Å². The van der Waals surface area contributed by atoms with Crippen LogP contribution in [0.25, 0.3) is 0 Å². The number of hydroxylamine groups is 2. The van der Waals surface area contributed by atoms with Gasteiger partial charge < -0.3 is 55.8 Å². The van der Waals surface area contributed by atoms with E-state index in [2.05, 4.69) is 29.8 Å². The van der Waals surface area contributed by atoms with E-state index in [-0.39, 0.29) is 153 Å². The number of ether oxygens (including phenoxy) is 2. The number of nitrogens with one attached hydrogen (secondary N) is 3. The second-order valence-electron chi connectivity index (χ2n) is 26.9. The summed E-state index contributed by atoms with van der Waals surface area (Å²) in [4.78, 5) is 101. The number of amides is 5. The fraction of sp³-hybridized carbons (Fsp3) is 0.800. The maximum Gasteiger partial charge on any atom is 0.333 e. The molecule has 80 heavy (non-hydrogen) atoms. The summed E-state index contributed by atoms with van der Waals surface area (Å²) in [7, 11) is 0. The molecular weight excluding hydrogens is 1030 g/mol. The third kappa shape index (κ3) is 9.92. The molecule has 0 aromatic carbocycles. The third-order valence-electron chi connectivity index (χ3n) is 23.7. The number of hydrogen-bond acceptors (Lipinski definition) is 16. The molecule has 9 fully saturated rings. The number of hydrogen-bond donors (Lipinski definition) is 8. The lowest BCUT2D eigenvalue weighted by Gasteiger charge is -2.65. The molecule has 18 atom stereocenters. The number of imide groups is 1. The van der Waals surface area contributed by atoms with E-state index in [4.69, 9.17) is 19.4 Å². The van der Waals surface area contributed by atoms with E-state index in [0.29, 0.717) is 42.6 Å². The first-order valence-electron chi connectivity index (χ1n) is 30.0. The Balaban J connectivity index is 0.000000181. The summed E-state index contributed by atoms with van der Waals surface area (Å²) in [5.74, 6) is -2.10. The molecule has 3 aliphatic heterocycles. The first kappa shape index (κ1) is 58.4. The minimum absolute atomic E-state index is 0.0177. The Morgan fingerprint density at radius 1 is 0.588 bits per heavy atom. The van der Waals surface area contributed by atoms with Gasteiger partial charge in [0.25, 0.3) is 11.8 Å². The van der Waals surface area contributed by atoms with Gasteiger partial charge in [0.05, 0.1) is 36.4 Å². The van der Waals surface area contributed by atoms with Crippen molar-refractivity contribution in [1.82, 2.24) is 21.0 Å². The predicted octanol–water partition coefficient (Wildman–Crippen LogP) is 3.67. The Bertz CT molecular complexity index is 2560. The number of aliphatic hydroxyl groups is 5. The minimum Gasteiger partial charge on any atom is -0.458 e. The number of carbonyl (C=O) groups excluding carboxylic acids is 8. The van der Waals surface area contributed by atoms with Gasteiger partial charge in [-0.15, -0.1) is 5.06 Å². The first-order valence-corrected chi connectivity index (χ1v) is 30.0. The number of carbonyl (C=O) groups is 8. The van der Waals surface area contributed by atoms with Gasteiger partial charge in [-0.05, 0) is 172 Å². The standard InChI is InChI=1S/C31H42N2O9.C29H44N2O7/c1-29-11-9-19(32-24(35)5-8-27(38)42-33-25(36)6-7-26(33)37)14-18(29)3-4-21-22(29)15-23(34)30(2)20(10-12-31(21,30)40)17-13-28(39)41-16-17;1-27-9-7-19(31-25(35)6-5-24(34)30-11-12-32)14-18(27)3-4-21-22(27)15-23(33)28(2)20(8-10-29(21,28)37)17-13-26(36)38-16-17/h13,18-23,34,40H,3-12,14-16H2,1-2H3,(H,32,35);13,18-23,32-33,37H,3-12,14-16H2,1-2H3,(H,30,34)(H,31,35)/t18-,19+,20?,21-,22+,23?,29+,30?,31+;18-,19+,20-,21-,22+,23?,27+,28?,29+/m11/s1. The highest BCUT2D eigenvalue weighted by Crippen LogP contribution is 2.72. The van der Waals surface area contributed by atoms with Crippen LogP contribution >= 0.6 is 0 Å². The smallest absolute Gasteiger partial charge is 0.333 e. The van der Waals surface area contributed by atoms with E-state index >= 15 is 0 Å². The van der Waals surface area contributed by atoms with E-state index in [1.165, 1.54) is 0 Å². The van der Waals surface area contributed by atoms with Crippen molar-refractivity contribution in [2.75, 3.05) is 26.4 Å². The monoisotopic (exact) mass is 1120 g/mol. The normalized spacial score (nSPS) is 43.3. The van der Waals surface area contributed by atoms with Crippen LogP contribution in [0, 0.1) is 69.0 Å². The van der Waals surface area contributed by atoms with E-state index < -0.39 is 52.0 Å². The maximum absolute atomic E-state index is 12.7. The average Bonchev–Trinajstić information content (AvgIpc) is 4.35. The van der Waals surface area contributed by atoms with E-state index in [1.807, 2.05) is 13.8 Å². The van der Waals surface area contributed by atoms with Gasteiger partial charge >= 0.3 is 17.9 Å². The summed E-state index contributed by atoms with van der Waals surface area (Å²) in [6.07, 6.45) is 14.4. The summed E-state index contributed by atoms with van der Waals surface area (Å²) in [6.45, 7) is 9.23. The van der Waals surface area contributed by atoms with Crippen molar-refractivity contribution in [1.29, 1.82) is 0 Å². The highest BCUT2D eigenvalue weighted by atomic mass is 16.7. The van der Waals surface area contributed by atoms with Gasteiger partial charge in [-0.25, -0.2) is 14.4 Å². The first-order chi connectivity index (χ1) is 37.9. The Hall–Kier alpha value is -4.76. The Morgan fingerprint density at radius 3 is 1.45 bits per heavy atom. The van der Waals surface area contributed by atoms with Crippen LogP contribution < -0.4 is 16.0 Å². The van der Waals surface area contributed by atoms with Crippen LogP contribution in [0.2, 0.25) is 0 Å². The average molecular weight is 1120 g/mol. The fourth-order valence-electron chi connectivity index (χ4n) is 19.2. The van der Waals surface area contributed by atoms with Crippen molar-refractivity contribution in [3.63, 3.8) is 0 Å². The molecule has 5 amide bonds. The molecule has 11 rings (SSSR count). The molecule has 0 aromatic rings. The lowest BCUT2D eigenvalue weighted by atomic mass is 9.42. The molecule has 3 heterocycles. The van der Waals surface area contributed by atoms with E-state index in [1.54, 1.807) is 12.2 Å². The quantitative estimate of drug-likeness (QED) is 0.0964. The van der Waals surface area contributed by atoms with Gasteiger partial charge in [0, 0.05) is 73.7 Å². The Labute approximate surface area is 468 Å². The van der Waals surface area contributed by atoms with Crippen molar-refractivity contribution >= 4 is 47.4 Å². The number of fused-ring (bicyclic) bond motifs is 10. The molecule has 1 saturated heterocycles. The molecule has 5 unspecified atom stereocenters. The molecule has 8 N–H and O–H groups in total. The van der Waals surface area contributed by atoms with E-state index in [0.717, 1.165) is 88.2 Å². The van der Waals surface area contributed by atoms with Gasteiger partial charge in [0.15, 0.2) is 0 Å². The van der Waals surface area contributed by atoms with Gasteiger partial charge in [-0.3, -0.25) is 24.0 Å². The molecule has 442 valence electrons. The van der Waals surface area contributed by atoms with Crippen LogP contribution in [0.3, 0.4) is 0 Å². The van der Waals surface area contributed by atoms with Gasteiger partial charge in [0.1, 0.15) is 13.2 Å². The van der Waals surface area contributed by atoms with Crippen LogP contribution in [-0.4, -0.2) is 140 Å². The summed E-state index contributed by atoms with van der Waals surface area (Å²) >= 11 is 0. The molecule has 0 spiro atoms. The molecule has 0 aromatic heterocycles. The summed E-state index contributed by atoms with van der Waals surface area (Å²) in [5, 5.41) is 66.2. The second-order valence-corrected chi connectivity index (χ2v) is 26.9. The molecule has 11 aliphatic rings. The number of aliphatic hydroxyl groups excluding tert-OH is 3. The lowest BCUT2D eigenvalue weighted by Crippen LogP contribution is -2.67. The van der Waals surface area contributed by atoms with Crippen LogP contribution in [0.4, 0.5) is 0 Å². The summed E-state index contributed by atoms with van der Waals surface area (Å²) in [6, 6.07) is 0.0386. The van der Waals surface area contributed by atoms with Gasteiger partial charge in [0.2, 0.25) is 17.7 Å². The highest BCUT2D eigenvalue weighted by molar-refractivity contribution is 6.01. The molecular formula is C60H86N4O16. The predicted molar refractivity (Wildman–Crippen MR) is 284 cm³/mol. The zero-order valence-electron chi connectivity index (χ0n) is 47.1. The van der Waals surface area contributed by atoms with Crippen molar-refractivity contribution in [2.24, 2.45) is 69.0 Å². The number of nitrogens with zero attached hydrogens (tertiary/aromatic N) is 1. The van der Waals surface area contributed by atoms with Crippen molar-refractivity contribution in [3.05, 3.63) is 23.3 Å².